The molecule has 5 N–H and O–H groups in total. The maximum atomic E-state index is 14.0. The molecule has 26 heteroatoms. The van der Waals surface area contributed by atoms with E-state index in [1.54, 1.807) is 23.1 Å². The number of rotatable bonds is 36. The predicted molar refractivity (Wildman–Crippen MR) is 339 cm³/mol. The van der Waals surface area contributed by atoms with Gasteiger partial charge in [-0.3, -0.25) is 67.7 Å². The van der Waals surface area contributed by atoms with E-state index in [1.165, 1.54) is 23.4 Å². The monoisotopic (exact) mass is 1290 g/mol. The number of ether oxygens (including phenoxy) is 3. The van der Waals surface area contributed by atoms with Gasteiger partial charge in [0.05, 0.1) is 49.9 Å². The Morgan fingerprint density at radius 3 is 2.04 bits per heavy atom. The van der Waals surface area contributed by atoms with E-state index in [1.807, 2.05) is 26.5 Å². The lowest BCUT2D eigenvalue weighted by atomic mass is 9.91. The summed E-state index contributed by atoms with van der Waals surface area (Å²) in [7, 11) is 0. The number of piperidine rings is 1. The molecule has 4 heterocycles. The highest BCUT2D eigenvalue weighted by Gasteiger charge is 2.46. The normalized spacial score (nSPS) is 17.5. The van der Waals surface area contributed by atoms with Crippen molar-refractivity contribution >= 4 is 65.3 Å². The van der Waals surface area contributed by atoms with Gasteiger partial charge in [0.1, 0.15) is 25.3 Å². The molecule has 1 aromatic heterocycles. The molecule has 0 saturated carbocycles. The lowest BCUT2D eigenvalue weighted by Gasteiger charge is -2.33. The number of alkyl halides is 2. The zero-order chi connectivity index (χ0) is 66.1. The summed E-state index contributed by atoms with van der Waals surface area (Å²) in [5.41, 5.74) is 3.15. The third kappa shape index (κ3) is 26.4. The van der Waals surface area contributed by atoms with Crippen molar-refractivity contribution < 1.29 is 71.2 Å². The molecule has 0 unspecified atom stereocenters. The summed E-state index contributed by atoms with van der Waals surface area (Å²) >= 11 is 0. The van der Waals surface area contributed by atoms with E-state index in [-0.39, 0.29) is 49.8 Å². The van der Waals surface area contributed by atoms with Crippen molar-refractivity contribution in [3.8, 4) is 18.1 Å². The number of pyridine rings is 1. The summed E-state index contributed by atoms with van der Waals surface area (Å²) in [6.07, 6.45) is 16.5. The molecule has 6 rings (SSSR count). The number of nitrogens with zero attached hydrogens (tertiary/aromatic N) is 7. The number of aromatic nitrogens is 1. The first-order valence-corrected chi connectivity index (χ1v) is 32.2. The third-order valence-electron chi connectivity index (χ3n) is 16.9. The fourth-order valence-corrected chi connectivity index (χ4v) is 11.6. The number of hydrogen-bond donors (Lipinski definition) is 5. The first-order chi connectivity index (χ1) is 44.4. The number of nitrogens with one attached hydrogen (secondary N) is 4. The van der Waals surface area contributed by atoms with E-state index in [0.29, 0.717) is 178 Å². The molecule has 3 fully saturated rings. The van der Waals surface area contributed by atoms with Gasteiger partial charge >= 0.3 is 5.97 Å². The van der Waals surface area contributed by atoms with E-state index in [0.717, 1.165) is 43.4 Å². The van der Waals surface area contributed by atoms with Crippen molar-refractivity contribution in [3.63, 3.8) is 0 Å². The molecule has 3 aliphatic rings. The number of halogens is 2. The average molecular weight is 1290 g/mol. The Morgan fingerprint density at radius 2 is 1.38 bits per heavy atom. The van der Waals surface area contributed by atoms with Crippen molar-refractivity contribution in [1.29, 1.82) is 0 Å². The molecule has 6 amide bonds. The van der Waals surface area contributed by atoms with Gasteiger partial charge in [-0.15, -0.1) is 6.42 Å². The van der Waals surface area contributed by atoms with Gasteiger partial charge in [-0.2, -0.15) is 0 Å². The Bertz CT molecular complexity index is 2910. The van der Waals surface area contributed by atoms with Crippen molar-refractivity contribution in [1.82, 2.24) is 55.7 Å². The number of aryl methyl sites for hydroxylation is 2. The highest BCUT2D eigenvalue weighted by molar-refractivity contribution is 6.07. The Labute approximate surface area is 538 Å². The van der Waals surface area contributed by atoms with Gasteiger partial charge in [-0.25, -0.2) is 8.78 Å². The van der Waals surface area contributed by atoms with Crippen LogP contribution in [0, 0.1) is 25.2 Å². The van der Waals surface area contributed by atoms with Crippen LogP contribution in [0.15, 0.2) is 54.7 Å². The highest BCUT2D eigenvalue weighted by atomic mass is 19.3. The second-order valence-corrected chi connectivity index (χ2v) is 24.0. The number of unbranched alkanes of at least 4 members (excludes halogenated alkanes) is 4. The second-order valence-electron chi connectivity index (χ2n) is 24.0. The lowest BCUT2D eigenvalue weighted by molar-refractivity contribution is -0.139. The van der Waals surface area contributed by atoms with Gasteiger partial charge < -0.3 is 50.4 Å². The second kappa shape index (κ2) is 39.5. The summed E-state index contributed by atoms with van der Waals surface area (Å²) in [5, 5.41) is 21.7. The van der Waals surface area contributed by atoms with Crippen LogP contribution in [0.3, 0.4) is 0 Å². The average Bonchev–Trinajstić information content (AvgIpc) is 1.21. The lowest BCUT2D eigenvalue weighted by Crippen LogP contribution is -2.52. The fraction of sp³-hybridized carbons (Fsp3) is 0.606. The van der Waals surface area contributed by atoms with Crippen LogP contribution in [0.1, 0.15) is 118 Å². The maximum Gasteiger partial charge on any atom is 0.317 e. The Kier molecular flexibility index (Phi) is 31.4. The number of hydrogen-bond acceptors (Lipinski definition) is 17. The third-order valence-corrected chi connectivity index (χ3v) is 16.9. The molecule has 3 saturated heterocycles. The highest BCUT2D eigenvalue weighted by Crippen LogP contribution is 2.32. The number of carboxylic acid groups (broad SMARTS) is 1. The first-order valence-electron chi connectivity index (χ1n) is 32.2. The van der Waals surface area contributed by atoms with Gasteiger partial charge in [0.25, 0.3) is 24.8 Å². The standard InChI is InChI=1S/C66H93F2N11O13/c1-3-53-41-66(67,68)45-79(53)62(85)42-72-64(88)55-23-28-69-57-22-21-54(40-56(55)57)92-39-10-7-12-52-24-29-78(30-25-52)61(84)16-5-4-8-27-71-65(89)58(14-6-9-26-70-59(82)15-11-13-51-19-17-50(2)18-20-51)73-60(83)43-74-31-32-75(44-63(86)87)34-36-77(47-91-49-81)38-37-76(35-33-74)46-90-48-80/h1,17-23,28,40,48-49,52-53,58H,4-16,24-27,29-39,41-47H2,2H3,(H,70,82)(H,71,89)(H,72,88)(H,73,83)(H,86,87)/t53-,58-/m0/s1. The molecule has 2 atom stereocenters. The number of fused-ring (bicyclic) bond motifs is 1. The molecule has 504 valence electrons. The number of amides is 6. The van der Waals surface area contributed by atoms with E-state index in [9.17, 15) is 57.0 Å². The van der Waals surface area contributed by atoms with Crippen molar-refractivity contribution in [3.05, 3.63) is 71.4 Å². The summed E-state index contributed by atoms with van der Waals surface area (Å²) in [4.78, 5) is 128. The number of benzene rings is 2. The molecule has 0 spiro atoms. The van der Waals surface area contributed by atoms with Gasteiger partial charge in [-0.1, -0.05) is 48.6 Å². The van der Waals surface area contributed by atoms with E-state index in [2.05, 4.69) is 56.4 Å². The summed E-state index contributed by atoms with van der Waals surface area (Å²) in [5.74, 6) is -2.81. The largest absolute Gasteiger partial charge is 0.494 e. The molecule has 0 radical (unpaired) electrons. The number of terminal acetylenes is 1. The summed E-state index contributed by atoms with van der Waals surface area (Å²) in [6.45, 7) is 6.52. The number of carbonyl (C=O) groups excluding carboxylic acids is 8. The smallest absolute Gasteiger partial charge is 0.317 e. The van der Waals surface area contributed by atoms with Crippen LogP contribution in [-0.2, 0) is 54.3 Å². The first kappa shape index (κ1) is 73.2. The van der Waals surface area contributed by atoms with E-state index >= 15 is 0 Å². The maximum absolute atomic E-state index is 14.0. The molecule has 0 bridgehead atoms. The minimum Gasteiger partial charge on any atom is -0.494 e. The number of aliphatic carboxylic acids is 1. The van der Waals surface area contributed by atoms with Crippen molar-refractivity contribution in [2.75, 3.05) is 125 Å². The van der Waals surface area contributed by atoms with Gasteiger partial charge in [0, 0.05) is 109 Å². The van der Waals surface area contributed by atoms with Crippen molar-refractivity contribution in [2.45, 2.75) is 128 Å². The molecular formula is C66H93F2N11O13. The van der Waals surface area contributed by atoms with Crippen LogP contribution in [0.5, 0.6) is 5.75 Å². The van der Waals surface area contributed by atoms with Gasteiger partial charge in [-0.05, 0) is 113 Å². The van der Waals surface area contributed by atoms with Crippen molar-refractivity contribution in [2.24, 2.45) is 5.92 Å². The van der Waals surface area contributed by atoms with Crippen LogP contribution in [0.2, 0.25) is 0 Å². The van der Waals surface area contributed by atoms with Crippen LogP contribution in [0.25, 0.3) is 10.9 Å². The Balaban J connectivity index is 0.906. The summed E-state index contributed by atoms with van der Waals surface area (Å²) < 4.78 is 44.1. The SMILES string of the molecule is C#C[C@H]1CC(F)(F)CN1C(=O)CNC(=O)c1ccnc2ccc(OCCCCC3CCN(C(=O)CCCCCNC(=O)[C@H](CCCCNC(=O)CCCc4ccc(C)cc4)NC(=O)CN4CCN(COC=O)CCN(COC=O)CCN(CC(=O)O)CC4)CC3)cc12. The molecule has 24 nitrogen and oxygen atoms in total. The van der Waals surface area contributed by atoms with Crippen LogP contribution < -0.4 is 26.0 Å². The Hall–Kier alpha value is -7.86. The zero-order valence-electron chi connectivity index (χ0n) is 53.1. The molecule has 0 aliphatic carbocycles. The molecule has 2 aromatic carbocycles. The molecule has 3 aliphatic heterocycles. The number of carboxylic acids is 1. The molecular weight excluding hydrogens is 1190 g/mol. The molecule has 3 aromatic rings. The predicted octanol–water partition coefficient (Wildman–Crippen LogP) is 3.97. The van der Waals surface area contributed by atoms with Crippen LogP contribution >= 0.6 is 0 Å². The van der Waals surface area contributed by atoms with Gasteiger partial charge in [0.2, 0.25) is 29.5 Å². The Morgan fingerprint density at radius 1 is 0.728 bits per heavy atom. The summed E-state index contributed by atoms with van der Waals surface area (Å²) in [6, 6.07) is 13.1. The van der Waals surface area contributed by atoms with Crippen LogP contribution in [0.4, 0.5) is 8.78 Å². The minimum atomic E-state index is -3.09. The van der Waals surface area contributed by atoms with Crippen LogP contribution in [-0.4, -0.2) is 237 Å². The quantitative estimate of drug-likeness (QED) is 0.0313. The van der Waals surface area contributed by atoms with E-state index in [4.69, 9.17) is 20.6 Å². The zero-order valence-corrected chi connectivity index (χ0v) is 53.1. The fourth-order valence-electron chi connectivity index (χ4n) is 11.6. The minimum absolute atomic E-state index is 0.000603. The number of carbonyl (C=O) groups is 9. The van der Waals surface area contributed by atoms with Gasteiger partial charge in [0.15, 0.2) is 0 Å². The molecule has 92 heavy (non-hydrogen) atoms. The topological polar surface area (TPSA) is 282 Å². The number of likely N-dealkylation sites (tertiary alicyclic amines) is 2. The van der Waals surface area contributed by atoms with E-state index < -0.39 is 61.2 Å².